The van der Waals surface area contributed by atoms with E-state index in [0.29, 0.717) is 17.4 Å². The number of nitrogens with zero attached hydrogens (tertiary/aromatic N) is 3. The summed E-state index contributed by atoms with van der Waals surface area (Å²) >= 11 is 9.71. The van der Waals surface area contributed by atoms with Crippen molar-refractivity contribution in [2.24, 2.45) is 0 Å². The fraction of sp³-hybridized carbons (Fsp3) is 0.375. The molecule has 0 amide bonds. The second-order valence-corrected chi connectivity index (χ2v) is 6.60. The molecule has 1 aromatic carbocycles. The first-order valence-corrected chi connectivity index (χ1v) is 8.76. The smallest absolute Gasteiger partial charge is 0.318 e. The number of anilines is 2. The van der Waals surface area contributed by atoms with Gasteiger partial charge in [0.25, 0.3) is 0 Å². The highest BCUT2D eigenvalue weighted by atomic mass is 79.9. The molecule has 0 saturated carbocycles. The van der Waals surface area contributed by atoms with E-state index in [1.54, 1.807) is 0 Å². The van der Waals surface area contributed by atoms with Gasteiger partial charge in [0.05, 0.1) is 26.5 Å². The molecule has 1 aliphatic rings. The van der Waals surface area contributed by atoms with Crippen molar-refractivity contribution in [1.29, 1.82) is 0 Å². The molecule has 2 aromatic rings. The minimum Gasteiger partial charge on any atom is -0.467 e. The molecule has 2 heterocycles. The van der Waals surface area contributed by atoms with Gasteiger partial charge in [-0.15, -0.1) is 0 Å². The molecule has 128 valence electrons. The molecule has 0 atom stereocenters. The number of halogens is 2. The van der Waals surface area contributed by atoms with Crippen LogP contribution in [0.4, 0.5) is 11.5 Å². The zero-order chi connectivity index (χ0) is 16.9. The molecule has 0 unspecified atom stereocenters. The van der Waals surface area contributed by atoms with E-state index in [1.165, 1.54) is 19.0 Å². The van der Waals surface area contributed by atoms with Crippen LogP contribution in [0.5, 0.6) is 6.01 Å². The summed E-state index contributed by atoms with van der Waals surface area (Å²) < 4.78 is 11.5. The van der Waals surface area contributed by atoms with E-state index in [1.807, 2.05) is 6.07 Å². The Bertz CT molecular complexity index is 710. The maximum atomic E-state index is 6.16. The van der Waals surface area contributed by atoms with Gasteiger partial charge in [0.15, 0.2) is 5.82 Å². The van der Waals surface area contributed by atoms with Crippen LogP contribution in [0.1, 0.15) is 5.56 Å². The molecule has 3 rings (SSSR count). The Morgan fingerprint density at radius 1 is 1.38 bits per heavy atom. The highest BCUT2D eigenvalue weighted by molar-refractivity contribution is 9.10. The zero-order valence-electron chi connectivity index (χ0n) is 13.3. The zero-order valence-corrected chi connectivity index (χ0v) is 15.6. The average molecular weight is 414 g/mol. The third-order valence-corrected chi connectivity index (χ3v) is 4.52. The fourth-order valence-electron chi connectivity index (χ4n) is 2.54. The summed E-state index contributed by atoms with van der Waals surface area (Å²) in [4.78, 5) is 10.6. The van der Waals surface area contributed by atoms with E-state index >= 15 is 0 Å². The van der Waals surface area contributed by atoms with Crippen LogP contribution in [0, 0.1) is 0 Å². The van der Waals surface area contributed by atoms with Gasteiger partial charge in [0, 0.05) is 29.8 Å². The van der Waals surface area contributed by atoms with Crippen LogP contribution >= 0.6 is 27.5 Å². The van der Waals surface area contributed by atoms with Gasteiger partial charge < -0.3 is 19.7 Å². The number of benzene rings is 1. The fourth-order valence-corrected chi connectivity index (χ4v) is 3.04. The molecule has 1 saturated heterocycles. The number of methoxy groups -OCH3 is 1. The van der Waals surface area contributed by atoms with Gasteiger partial charge in [-0.1, -0.05) is 33.6 Å². The molecule has 1 N–H and O–H groups in total. The molecule has 0 spiro atoms. The number of hydrogen-bond acceptors (Lipinski definition) is 6. The predicted molar refractivity (Wildman–Crippen MR) is 98.1 cm³/mol. The number of hydrogen-bond donors (Lipinski definition) is 1. The lowest BCUT2D eigenvalue weighted by atomic mass is 10.1. The van der Waals surface area contributed by atoms with E-state index in [4.69, 9.17) is 21.1 Å². The highest BCUT2D eigenvalue weighted by Gasteiger charge is 2.16. The van der Waals surface area contributed by atoms with E-state index in [2.05, 4.69) is 48.2 Å². The molecule has 0 bridgehead atoms. The summed E-state index contributed by atoms with van der Waals surface area (Å²) in [6.07, 6.45) is 1.53. The molecule has 24 heavy (non-hydrogen) atoms. The minimum absolute atomic E-state index is 0.283. The maximum Gasteiger partial charge on any atom is 0.318 e. The average Bonchev–Trinajstić information content (AvgIpc) is 2.62. The van der Waals surface area contributed by atoms with Crippen molar-refractivity contribution in [2.45, 2.75) is 6.54 Å². The van der Waals surface area contributed by atoms with Crippen molar-refractivity contribution in [3.63, 3.8) is 0 Å². The lowest BCUT2D eigenvalue weighted by Crippen LogP contribution is -2.36. The van der Waals surface area contributed by atoms with Crippen molar-refractivity contribution >= 4 is 39.0 Å². The van der Waals surface area contributed by atoms with Crippen molar-refractivity contribution in [3.8, 4) is 6.01 Å². The van der Waals surface area contributed by atoms with E-state index in [0.717, 1.165) is 36.3 Å². The Hall–Kier alpha value is -1.57. The van der Waals surface area contributed by atoms with Crippen molar-refractivity contribution in [1.82, 2.24) is 9.97 Å². The molecule has 6 nitrogen and oxygen atoms in total. The van der Waals surface area contributed by atoms with Gasteiger partial charge in [-0.2, -0.15) is 4.98 Å². The SMILES string of the molecule is COc1ncc(Cl)c(NCc2ccc(Br)cc2N2CCOCC2)n1. The second-order valence-electron chi connectivity index (χ2n) is 5.28. The lowest BCUT2D eigenvalue weighted by Gasteiger charge is -2.31. The summed E-state index contributed by atoms with van der Waals surface area (Å²) in [5.74, 6) is 0.555. The Balaban J connectivity index is 1.80. The quantitative estimate of drug-likeness (QED) is 0.811. The van der Waals surface area contributed by atoms with Gasteiger partial charge in [0.2, 0.25) is 0 Å². The van der Waals surface area contributed by atoms with Crippen LogP contribution in [0.15, 0.2) is 28.9 Å². The Morgan fingerprint density at radius 2 is 2.17 bits per heavy atom. The maximum absolute atomic E-state index is 6.16. The van der Waals surface area contributed by atoms with Crippen LogP contribution in [-0.2, 0) is 11.3 Å². The topological polar surface area (TPSA) is 59.5 Å². The number of nitrogens with one attached hydrogen (secondary N) is 1. The highest BCUT2D eigenvalue weighted by Crippen LogP contribution is 2.28. The van der Waals surface area contributed by atoms with Gasteiger partial charge in [-0.3, -0.25) is 0 Å². The number of rotatable bonds is 5. The normalized spacial score (nSPS) is 14.5. The number of ether oxygens (including phenoxy) is 2. The van der Waals surface area contributed by atoms with Gasteiger partial charge >= 0.3 is 6.01 Å². The van der Waals surface area contributed by atoms with Crippen molar-refractivity contribution in [3.05, 3.63) is 39.5 Å². The predicted octanol–water partition coefficient (Wildman–Crippen LogP) is 3.35. The van der Waals surface area contributed by atoms with Crippen molar-refractivity contribution in [2.75, 3.05) is 43.6 Å². The Kier molecular flexibility index (Phi) is 5.76. The first-order valence-electron chi connectivity index (χ1n) is 7.59. The van der Waals surface area contributed by atoms with E-state index < -0.39 is 0 Å². The molecule has 1 aliphatic heterocycles. The lowest BCUT2D eigenvalue weighted by molar-refractivity contribution is 0.122. The van der Waals surface area contributed by atoms with Gasteiger partial charge in [-0.25, -0.2) is 4.98 Å². The van der Waals surface area contributed by atoms with Gasteiger partial charge in [0.1, 0.15) is 5.02 Å². The van der Waals surface area contributed by atoms with Crippen LogP contribution in [0.3, 0.4) is 0 Å². The molecule has 8 heteroatoms. The van der Waals surface area contributed by atoms with Crippen LogP contribution in [-0.4, -0.2) is 43.4 Å². The largest absolute Gasteiger partial charge is 0.467 e. The summed E-state index contributed by atoms with van der Waals surface area (Å²) in [5, 5.41) is 3.73. The summed E-state index contributed by atoms with van der Waals surface area (Å²) in [7, 11) is 1.53. The van der Waals surface area contributed by atoms with Crippen LogP contribution < -0.4 is 15.0 Å². The van der Waals surface area contributed by atoms with E-state index in [-0.39, 0.29) is 6.01 Å². The molecule has 0 aliphatic carbocycles. The minimum atomic E-state index is 0.283. The second kappa shape index (κ2) is 8.00. The molecule has 1 fully saturated rings. The molecule has 1 aromatic heterocycles. The number of aromatic nitrogens is 2. The molecular weight excluding hydrogens is 396 g/mol. The summed E-state index contributed by atoms with van der Waals surface area (Å²) in [5.41, 5.74) is 2.34. The first kappa shape index (κ1) is 17.3. The Labute approximate surface area is 154 Å². The standard InChI is InChI=1S/C16H18BrClN4O2/c1-23-16-20-10-13(18)15(21-16)19-9-11-2-3-12(17)8-14(11)22-4-6-24-7-5-22/h2-3,8,10H,4-7,9H2,1H3,(H,19,20,21). The van der Waals surface area contributed by atoms with Crippen LogP contribution in [0.25, 0.3) is 0 Å². The third-order valence-electron chi connectivity index (χ3n) is 3.75. The third kappa shape index (κ3) is 4.09. The monoisotopic (exact) mass is 412 g/mol. The Morgan fingerprint density at radius 3 is 2.92 bits per heavy atom. The van der Waals surface area contributed by atoms with Gasteiger partial charge in [-0.05, 0) is 17.7 Å². The molecular formula is C16H18BrClN4O2. The number of morpholine rings is 1. The van der Waals surface area contributed by atoms with Crippen LogP contribution in [0.2, 0.25) is 5.02 Å². The van der Waals surface area contributed by atoms with Crippen molar-refractivity contribution < 1.29 is 9.47 Å². The molecule has 0 radical (unpaired) electrons. The summed E-state index contributed by atoms with van der Waals surface area (Å²) in [6, 6.07) is 6.54. The first-order chi connectivity index (χ1) is 11.7. The summed E-state index contributed by atoms with van der Waals surface area (Å²) in [6.45, 7) is 3.85. The van der Waals surface area contributed by atoms with E-state index in [9.17, 15) is 0 Å².